The largest absolute Gasteiger partial charge is 0.363 e. The zero-order valence-electron chi connectivity index (χ0n) is 17.2. The Morgan fingerprint density at radius 3 is 2.90 bits per heavy atom. The minimum atomic E-state index is -0.0379. The first-order valence-electron chi connectivity index (χ1n) is 9.48. The molecular formula is C19H26ClIN7OP. The normalized spacial score (nSPS) is 19.7. The van der Waals surface area contributed by atoms with E-state index in [2.05, 4.69) is 57.1 Å². The highest BCUT2D eigenvalue weighted by Crippen LogP contribution is 2.26. The maximum atomic E-state index is 11.0. The second kappa shape index (κ2) is 12.3. The van der Waals surface area contributed by atoms with Crippen molar-refractivity contribution in [2.45, 2.75) is 39.7 Å². The molecule has 2 N–H and O–H groups in total. The van der Waals surface area contributed by atoms with Gasteiger partial charge in [0.15, 0.2) is 0 Å². The number of halogens is 2. The summed E-state index contributed by atoms with van der Waals surface area (Å²) in [4.78, 5) is 22.4. The Morgan fingerprint density at radius 1 is 1.53 bits per heavy atom. The van der Waals surface area contributed by atoms with Crippen LogP contribution in [0.25, 0.3) is 0 Å². The number of hydrogen-bond acceptors (Lipinski definition) is 7. The number of piperidine rings is 1. The molecule has 1 aromatic heterocycles. The Morgan fingerprint density at radius 2 is 2.30 bits per heavy atom. The van der Waals surface area contributed by atoms with Crippen LogP contribution in [0.1, 0.15) is 44.5 Å². The minimum absolute atomic E-state index is 0.0379. The van der Waals surface area contributed by atoms with Gasteiger partial charge in [-0.2, -0.15) is 10.2 Å². The second-order valence-electron chi connectivity index (χ2n) is 6.59. The number of likely N-dealkylation sites (tertiary alicyclic amines) is 1. The van der Waals surface area contributed by atoms with Gasteiger partial charge in [-0.15, -0.1) is 0 Å². The van der Waals surface area contributed by atoms with Crippen molar-refractivity contribution in [3.63, 3.8) is 0 Å². The van der Waals surface area contributed by atoms with Crippen LogP contribution in [0.4, 0.5) is 0 Å². The summed E-state index contributed by atoms with van der Waals surface area (Å²) in [6, 6.07) is 3.96. The van der Waals surface area contributed by atoms with Crippen molar-refractivity contribution >= 4 is 64.1 Å². The molecule has 11 heteroatoms. The molecule has 1 aliphatic rings. The van der Waals surface area contributed by atoms with E-state index in [1.165, 1.54) is 4.78 Å². The molecule has 0 aromatic carbocycles. The maximum Gasteiger partial charge on any atom is 0.233 e. The lowest BCUT2D eigenvalue weighted by atomic mass is 10.0. The van der Waals surface area contributed by atoms with Gasteiger partial charge in [0.2, 0.25) is 6.41 Å². The molecule has 0 saturated carbocycles. The van der Waals surface area contributed by atoms with Crippen LogP contribution >= 0.6 is 40.0 Å². The summed E-state index contributed by atoms with van der Waals surface area (Å²) in [6.45, 7) is 7.10. The van der Waals surface area contributed by atoms with Crippen molar-refractivity contribution in [2.24, 2.45) is 21.0 Å². The number of amides is 1. The van der Waals surface area contributed by atoms with Crippen LogP contribution in [0.2, 0.25) is 0 Å². The van der Waals surface area contributed by atoms with Gasteiger partial charge in [-0.3, -0.25) is 14.8 Å². The zero-order chi connectivity index (χ0) is 22.1. The van der Waals surface area contributed by atoms with Gasteiger partial charge in [0.05, 0.1) is 36.6 Å². The van der Waals surface area contributed by atoms with Crippen molar-refractivity contribution in [1.29, 1.82) is 0 Å². The smallest absolute Gasteiger partial charge is 0.233 e. The number of nitrogens with two attached hydrogens (primary N) is 1. The molecule has 0 radical (unpaired) electrons. The van der Waals surface area contributed by atoms with Crippen LogP contribution in [0.3, 0.4) is 0 Å². The molecule has 2 rings (SSSR count). The molecule has 1 fully saturated rings. The van der Waals surface area contributed by atoms with E-state index < -0.39 is 0 Å². The number of rotatable bonds is 8. The fourth-order valence-corrected chi connectivity index (χ4v) is 4.22. The van der Waals surface area contributed by atoms with E-state index in [4.69, 9.17) is 22.4 Å². The van der Waals surface area contributed by atoms with Crippen molar-refractivity contribution in [1.82, 2.24) is 14.7 Å². The van der Waals surface area contributed by atoms with Crippen LogP contribution in [0.15, 0.2) is 44.3 Å². The number of nitrogens with zero attached hydrogens (tertiary/aromatic N) is 6. The molecule has 2 atom stereocenters. The van der Waals surface area contributed by atoms with E-state index in [0.29, 0.717) is 36.7 Å². The summed E-state index contributed by atoms with van der Waals surface area (Å²) < 4.78 is 1.32. The summed E-state index contributed by atoms with van der Waals surface area (Å²) in [5, 5.41) is 8.76. The lowest BCUT2D eigenvalue weighted by Gasteiger charge is -2.32. The number of pyridine rings is 1. The Labute approximate surface area is 197 Å². The van der Waals surface area contributed by atoms with E-state index in [1.807, 2.05) is 17.2 Å². The van der Waals surface area contributed by atoms with E-state index in [9.17, 15) is 4.79 Å². The minimum Gasteiger partial charge on any atom is -0.363 e. The highest BCUT2D eigenvalue weighted by atomic mass is 127. The second-order valence-corrected chi connectivity index (χ2v) is 9.23. The van der Waals surface area contributed by atoms with Gasteiger partial charge in [-0.05, 0) is 53.9 Å². The lowest BCUT2D eigenvalue weighted by Crippen LogP contribution is -2.42. The summed E-state index contributed by atoms with van der Waals surface area (Å²) in [6.07, 6.45) is 5.83. The van der Waals surface area contributed by atoms with Gasteiger partial charge in [-0.1, -0.05) is 24.6 Å². The topological polar surface area (TPSA) is 99.5 Å². The first-order chi connectivity index (χ1) is 14.4. The summed E-state index contributed by atoms with van der Waals surface area (Å²) in [5.74, 6) is 5.70. The van der Waals surface area contributed by atoms with Crippen molar-refractivity contribution in [3.8, 4) is 0 Å². The quantitative estimate of drug-likeness (QED) is 0.129. The number of hydrazone groups is 2. The molecule has 1 aromatic rings. The number of carbonyl (C=O) groups excluding carboxylic acids is 1. The van der Waals surface area contributed by atoms with Crippen molar-refractivity contribution in [3.05, 3.63) is 40.3 Å². The number of aliphatic imine (C=N–C) groups is 1. The number of aromatic nitrogens is 1. The SMILES string of the molecule is CCc1ncccc1C(C)N=C1CCN(C(/C=N\N(C=O)PI)=C(/C)Cl)C/C1=N/N. The van der Waals surface area contributed by atoms with Gasteiger partial charge < -0.3 is 10.7 Å². The Balaban J connectivity index is 2.22. The highest BCUT2D eigenvalue weighted by molar-refractivity contribution is 14.2. The van der Waals surface area contributed by atoms with Gasteiger partial charge in [0.25, 0.3) is 0 Å². The number of carbonyl (C=O) groups is 1. The Bertz CT molecular complexity index is 870. The van der Waals surface area contributed by atoms with E-state index in [-0.39, 0.29) is 12.4 Å². The highest BCUT2D eigenvalue weighted by Gasteiger charge is 2.24. The summed E-state index contributed by atoms with van der Waals surface area (Å²) in [5.41, 5.74) is 4.49. The maximum absolute atomic E-state index is 11.0. The average molecular weight is 562 g/mol. The van der Waals surface area contributed by atoms with Crippen molar-refractivity contribution in [2.75, 3.05) is 13.1 Å². The third kappa shape index (κ3) is 6.46. The predicted octanol–water partition coefficient (Wildman–Crippen LogP) is 4.02. The van der Waals surface area contributed by atoms with Gasteiger partial charge >= 0.3 is 0 Å². The summed E-state index contributed by atoms with van der Waals surface area (Å²) in [7, 11) is 0. The first kappa shape index (κ1) is 24.7. The molecule has 2 unspecified atom stereocenters. The standard InChI is InChI=1S/C19H26ClIN7OP/c1-4-16-15(6-5-8-23-16)14(3)25-17-7-9-27(11-18(17)26-22)19(13(2)20)10-24-28(12-29)30-21/h5-6,8,10,12,14,30H,4,7,9,11,22H2,1-3H3/b19-13-,24-10-,25-17?,26-18-. The van der Waals surface area contributed by atoms with E-state index in [0.717, 1.165) is 29.1 Å². The molecule has 2 heterocycles. The van der Waals surface area contributed by atoms with E-state index in [1.54, 1.807) is 13.1 Å². The molecule has 30 heavy (non-hydrogen) atoms. The molecule has 1 amide bonds. The third-order valence-electron chi connectivity index (χ3n) is 4.69. The Kier molecular flexibility index (Phi) is 10.1. The Hall–Kier alpha value is -1.58. The van der Waals surface area contributed by atoms with Crippen LogP contribution in [-0.2, 0) is 11.2 Å². The molecule has 0 spiro atoms. The average Bonchev–Trinajstić information content (AvgIpc) is 2.77. The van der Waals surface area contributed by atoms with Gasteiger partial charge in [-0.25, -0.2) is 4.78 Å². The number of aryl methyl sites for hydroxylation is 1. The first-order valence-corrected chi connectivity index (χ1v) is 13.9. The van der Waals surface area contributed by atoms with Crippen LogP contribution < -0.4 is 5.84 Å². The van der Waals surface area contributed by atoms with E-state index >= 15 is 0 Å². The van der Waals surface area contributed by atoms with Gasteiger partial charge in [0.1, 0.15) is 5.71 Å². The number of allylic oxidation sites excluding steroid dienone is 2. The number of hydrogen-bond donors (Lipinski definition) is 1. The van der Waals surface area contributed by atoms with Gasteiger partial charge in [0, 0.05) is 29.9 Å². The van der Waals surface area contributed by atoms with Crippen molar-refractivity contribution < 1.29 is 4.79 Å². The molecule has 1 saturated heterocycles. The zero-order valence-corrected chi connectivity index (χ0v) is 21.1. The monoisotopic (exact) mass is 561 g/mol. The third-order valence-corrected chi connectivity index (χ3v) is 6.76. The van der Waals surface area contributed by atoms with Crippen LogP contribution in [-0.4, -0.2) is 51.8 Å². The predicted molar refractivity (Wildman–Crippen MR) is 135 cm³/mol. The van der Waals surface area contributed by atoms with Crippen LogP contribution in [0, 0.1) is 0 Å². The molecular weight excluding hydrogens is 536 g/mol. The van der Waals surface area contributed by atoms with Crippen LogP contribution in [0.5, 0.6) is 0 Å². The summed E-state index contributed by atoms with van der Waals surface area (Å²) >= 11 is 8.39. The molecule has 1 aliphatic heterocycles. The fourth-order valence-electron chi connectivity index (χ4n) is 3.20. The molecule has 162 valence electrons. The molecule has 0 bridgehead atoms. The lowest BCUT2D eigenvalue weighted by molar-refractivity contribution is -0.113. The molecule has 8 nitrogen and oxygen atoms in total. The molecule has 0 aliphatic carbocycles. The fraction of sp³-hybridized carbons (Fsp3) is 0.421.